The maximum Gasteiger partial charge on any atom is 0.232 e. The van der Waals surface area contributed by atoms with Crippen molar-refractivity contribution in [1.29, 1.82) is 5.26 Å². The second-order valence-corrected chi connectivity index (χ2v) is 3.03. The highest BCUT2D eigenvalue weighted by molar-refractivity contribution is 5.78. The molecule has 2 rings (SSSR count). The maximum atomic E-state index is 8.68. The van der Waals surface area contributed by atoms with Crippen molar-refractivity contribution >= 4 is 11.0 Å². The van der Waals surface area contributed by atoms with E-state index in [2.05, 4.69) is 16.0 Å². The number of nitrogens with zero attached hydrogens (tertiary/aromatic N) is 3. The first-order valence-corrected chi connectivity index (χ1v) is 4.50. The van der Waals surface area contributed by atoms with Crippen molar-refractivity contribution in [3.63, 3.8) is 0 Å². The van der Waals surface area contributed by atoms with Gasteiger partial charge in [0.2, 0.25) is 5.88 Å². The van der Waals surface area contributed by atoms with Crippen molar-refractivity contribution in [2.24, 2.45) is 0 Å². The number of para-hydroxylation sites is 1. The molecule has 0 saturated heterocycles. The van der Waals surface area contributed by atoms with Crippen LogP contribution in [0.4, 0.5) is 0 Å². The van der Waals surface area contributed by atoms with Crippen molar-refractivity contribution in [2.45, 2.75) is 6.42 Å². The molecular weight excluding hydrogens is 190 g/mol. The van der Waals surface area contributed by atoms with Gasteiger partial charge in [0.1, 0.15) is 0 Å². The lowest BCUT2D eigenvalue weighted by molar-refractivity contribution is 0.397. The second-order valence-electron chi connectivity index (χ2n) is 3.03. The number of benzene rings is 1. The first kappa shape index (κ1) is 9.41. The molecule has 0 radical (unpaired) electrons. The molecule has 1 aromatic carbocycles. The highest BCUT2D eigenvalue weighted by Gasteiger charge is 2.04. The van der Waals surface area contributed by atoms with Crippen molar-refractivity contribution in [1.82, 2.24) is 9.97 Å². The van der Waals surface area contributed by atoms with Crippen LogP contribution in [-0.4, -0.2) is 17.1 Å². The molecule has 1 aromatic heterocycles. The molecule has 0 aliphatic rings. The molecule has 74 valence electrons. The fraction of sp³-hybridized carbons (Fsp3) is 0.182. The predicted molar refractivity (Wildman–Crippen MR) is 55.4 cm³/mol. The van der Waals surface area contributed by atoms with E-state index in [0.717, 1.165) is 16.6 Å². The molecule has 0 aliphatic heterocycles. The van der Waals surface area contributed by atoms with Gasteiger partial charge in [0.05, 0.1) is 36.8 Å². The van der Waals surface area contributed by atoms with Crippen LogP contribution < -0.4 is 4.74 Å². The van der Waals surface area contributed by atoms with Gasteiger partial charge in [0, 0.05) is 0 Å². The van der Waals surface area contributed by atoms with E-state index in [-0.39, 0.29) is 0 Å². The zero-order valence-corrected chi connectivity index (χ0v) is 8.27. The number of fused-ring (bicyclic) bond motifs is 1. The Kier molecular flexibility index (Phi) is 2.46. The van der Waals surface area contributed by atoms with E-state index in [1.807, 2.05) is 18.2 Å². The summed E-state index contributed by atoms with van der Waals surface area (Å²) in [6.45, 7) is 0. The van der Waals surface area contributed by atoms with Crippen molar-refractivity contribution in [2.75, 3.05) is 7.11 Å². The molecule has 0 unspecified atom stereocenters. The van der Waals surface area contributed by atoms with Crippen LogP contribution in [0.3, 0.4) is 0 Å². The molecule has 0 amide bonds. The molecule has 0 fully saturated rings. The summed E-state index contributed by atoms with van der Waals surface area (Å²) in [5.74, 6) is 0.466. The first-order valence-electron chi connectivity index (χ1n) is 4.50. The Morgan fingerprint density at radius 2 is 2.33 bits per heavy atom. The summed E-state index contributed by atoms with van der Waals surface area (Å²) in [4.78, 5) is 8.47. The molecule has 1 heterocycles. The molecule has 0 aliphatic carbocycles. The van der Waals surface area contributed by atoms with E-state index < -0.39 is 0 Å². The summed E-state index contributed by atoms with van der Waals surface area (Å²) in [5, 5.41) is 8.68. The third-order valence-corrected chi connectivity index (χ3v) is 2.11. The fourth-order valence-electron chi connectivity index (χ4n) is 1.40. The number of nitriles is 1. The Morgan fingerprint density at radius 1 is 1.47 bits per heavy atom. The molecule has 4 heteroatoms. The molecule has 0 spiro atoms. The topological polar surface area (TPSA) is 58.8 Å². The third-order valence-electron chi connectivity index (χ3n) is 2.11. The van der Waals surface area contributed by atoms with Gasteiger partial charge in [-0.1, -0.05) is 12.1 Å². The zero-order chi connectivity index (χ0) is 10.7. The van der Waals surface area contributed by atoms with Gasteiger partial charge < -0.3 is 4.74 Å². The molecule has 0 saturated carbocycles. The monoisotopic (exact) mass is 199 g/mol. The smallest absolute Gasteiger partial charge is 0.232 e. The Bertz CT molecular complexity index is 531. The second kappa shape index (κ2) is 3.93. The van der Waals surface area contributed by atoms with Gasteiger partial charge in [-0.05, 0) is 11.6 Å². The van der Waals surface area contributed by atoms with Crippen LogP contribution >= 0.6 is 0 Å². The summed E-state index contributed by atoms with van der Waals surface area (Å²) in [6.07, 6.45) is 1.90. The van der Waals surface area contributed by atoms with Crippen molar-refractivity contribution < 1.29 is 4.74 Å². The van der Waals surface area contributed by atoms with E-state index in [0.29, 0.717) is 12.3 Å². The van der Waals surface area contributed by atoms with Crippen molar-refractivity contribution in [3.05, 3.63) is 30.0 Å². The van der Waals surface area contributed by atoms with Crippen LogP contribution in [0.25, 0.3) is 11.0 Å². The lowest BCUT2D eigenvalue weighted by Gasteiger charge is -2.03. The number of hydrogen-bond acceptors (Lipinski definition) is 4. The van der Waals surface area contributed by atoms with E-state index in [1.165, 1.54) is 0 Å². The molecule has 0 atom stereocenters. The van der Waals surface area contributed by atoms with E-state index >= 15 is 0 Å². The summed E-state index contributed by atoms with van der Waals surface area (Å²) >= 11 is 0. The maximum absolute atomic E-state index is 8.68. The zero-order valence-electron chi connectivity index (χ0n) is 8.27. The summed E-state index contributed by atoms with van der Waals surface area (Å²) in [5.41, 5.74) is 2.39. The average Bonchev–Trinajstić information content (AvgIpc) is 2.29. The molecule has 2 aromatic rings. The van der Waals surface area contributed by atoms with Gasteiger partial charge in [-0.2, -0.15) is 5.26 Å². The molecule has 0 N–H and O–H groups in total. The van der Waals surface area contributed by atoms with Crippen LogP contribution in [0.5, 0.6) is 5.88 Å². The number of ether oxygens (including phenoxy) is 1. The highest BCUT2D eigenvalue weighted by atomic mass is 16.5. The minimum absolute atomic E-state index is 0.333. The largest absolute Gasteiger partial charge is 0.480 e. The number of hydrogen-bond donors (Lipinski definition) is 0. The van der Waals surface area contributed by atoms with Crippen LogP contribution in [0.1, 0.15) is 5.56 Å². The fourth-order valence-corrected chi connectivity index (χ4v) is 1.40. The van der Waals surface area contributed by atoms with Crippen LogP contribution in [0.15, 0.2) is 24.4 Å². The van der Waals surface area contributed by atoms with Gasteiger partial charge in [-0.15, -0.1) is 0 Å². The summed E-state index contributed by atoms with van der Waals surface area (Å²) < 4.78 is 5.00. The van der Waals surface area contributed by atoms with E-state index in [9.17, 15) is 0 Å². The lowest BCUT2D eigenvalue weighted by Crippen LogP contribution is -1.94. The Labute approximate surface area is 87.2 Å². The molecule has 0 bridgehead atoms. The van der Waals surface area contributed by atoms with E-state index in [1.54, 1.807) is 13.3 Å². The van der Waals surface area contributed by atoms with Crippen LogP contribution in [0.2, 0.25) is 0 Å². The Balaban J connectivity index is 2.66. The van der Waals surface area contributed by atoms with Gasteiger partial charge in [0.15, 0.2) is 0 Å². The van der Waals surface area contributed by atoms with E-state index in [4.69, 9.17) is 10.00 Å². The summed E-state index contributed by atoms with van der Waals surface area (Å²) in [6, 6.07) is 7.71. The average molecular weight is 199 g/mol. The normalized spacial score (nSPS) is 9.87. The van der Waals surface area contributed by atoms with Crippen LogP contribution in [-0.2, 0) is 6.42 Å². The van der Waals surface area contributed by atoms with Gasteiger partial charge in [0.25, 0.3) is 0 Å². The minimum atomic E-state index is 0.333. The highest BCUT2D eigenvalue weighted by Crippen LogP contribution is 2.17. The van der Waals surface area contributed by atoms with Crippen molar-refractivity contribution in [3.8, 4) is 11.9 Å². The Morgan fingerprint density at radius 3 is 3.07 bits per heavy atom. The van der Waals surface area contributed by atoms with Crippen LogP contribution in [0, 0.1) is 11.3 Å². The molecule has 4 nitrogen and oxygen atoms in total. The number of rotatable bonds is 2. The minimum Gasteiger partial charge on any atom is -0.480 e. The third kappa shape index (κ3) is 1.72. The first-order chi connectivity index (χ1) is 7.35. The van der Waals surface area contributed by atoms with Gasteiger partial charge in [-0.3, -0.25) is 0 Å². The quantitative estimate of drug-likeness (QED) is 0.738. The molecule has 15 heavy (non-hydrogen) atoms. The van der Waals surface area contributed by atoms with Gasteiger partial charge in [-0.25, -0.2) is 9.97 Å². The standard InChI is InChI=1S/C11H9N3O/c1-15-10-7-13-9-4-2-3-8(5-6-12)11(9)14-10/h2-4,7H,5H2,1H3. The lowest BCUT2D eigenvalue weighted by atomic mass is 10.1. The van der Waals surface area contributed by atoms with Gasteiger partial charge >= 0.3 is 0 Å². The number of methoxy groups -OCH3 is 1. The number of aromatic nitrogens is 2. The predicted octanol–water partition coefficient (Wildman–Crippen LogP) is 1.70. The summed E-state index contributed by atoms with van der Waals surface area (Å²) in [7, 11) is 1.54. The molecular formula is C11H9N3O. The Hall–Kier alpha value is -2.15. The SMILES string of the molecule is COc1cnc2cccc(CC#N)c2n1.